The van der Waals surface area contributed by atoms with Crippen LogP contribution in [0.5, 0.6) is 5.88 Å². The van der Waals surface area contributed by atoms with E-state index in [-0.39, 0.29) is 17.6 Å². The van der Waals surface area contributed by atoms with Crippen molar-refractivity contribution in [2.24, 2.45) is 10.2 Å². The molecule has 1 aromatic heterocycles. The van der Waals surface area contributed by atoms with E-state index in [9.17, 15) is 4.79 Å². The summed E-state index contributed by atoms with van der Waals surface area (Å²) in [6, 6.07) is 18.5. The van der Waals surface area contributed by atoms with Crippen molar-refractivity contribution >= 4 is 16.8 Å². The van der Waals surface area contributed by atoms with Crippen molar-refractivity contribution in [3.63, 3.8) is 0 Å². The first kappa shape index (κ1) is 22.5. The van der Waals surface area contributed by atoms with Crippen molar-refractivity contribution in [1.82, 2.24) is 15.6 Å². The first-order chi connectivity index (χ1) is 17.4. The molecule has 1 unspecified atom stereocenters. The Kier molecular flexibility index (Phi) is 5.00. The van der Waals surface area contributed by atoms with Gasteiger partial charge in [-0.15, -0.1) is 0 Å². The molecule has 0 aliphatic carbocycles. The molecule has 36 heavy (non-hydrogen) atoms. The van der Waals surface area contributed by atoms with Crippen molar-refractivity contribution in [3.8, 4) is 17.0 Å². The highest BCUT2D eigenvalue weighted by Crippen LogP contribution is 2.51. The molecule has 2 aromatic carbocycles. The minimum atomic E-state index is -0.641. The molecule has 7 heteroatoms. The van der Waals surface area contributed by atoms with E-state index >= 15 is 0 Å². The molecule has 0 saturated carbocycles. The predicted octanol–water partition coefficient (Wildman–Crippen LogP) is 5.39. The number of pyridine rings is 1. The highest BCUT2D eigenvalue weighted by molar-refractivity contribution is 6.00. The van der Waals surface area contributed by atoms with E-state index in [0.29, 0.717) is 18.7 Å². The zero-order chi connectivity index (χ0) is 25.1. The fraction of sp³-hybridized carbons (Fsp3) is 0.310. The Labute approximate surface area is 210 Å². The van der Waals surface area contributed by atoms with Crippen LogP contribution in [0.15, 0.2) is 87.9 Å². The van der Waals surface area contributed by atoms with Crippen molar-refractivity contribution in [2.45, 2.75) is 50.7 Å². The minimum Gasteiger partial charge on any atom is -0.481 e. The summed E-state index contributed by atoms with van der Waals surface area (Å²) < 4.78 is 5.52. The number of hydrogen-bond acceptors (Lipinski definition) is 6. The average molecular weight is 480 g/mol. The van der Waals surface area contributed by atoms with E-state index in [1.165, 1.54) is 0 Å². The Morgan fingerprint density at radius 1 is 1.11 bits per heavy atom. The van der Waals surface area contributed by atoms with Crippen LogP contribution in [0.25, 0.3) is 22.0 Å². The van der Waals surface area contributed by atoms with Crippen LogP contribution < -0.4 is 15.4 Å². The first-order valence-corrected chi connectivity index (χ1v) is 12.3. The van der Waals surface area contributed by atoms with E-state index in [1.807, 2.05) is 44.3 Å². The van der Waals surface area contributed by atoms with Crippen LogP contribution in [-0.2, 0) is 10.2 Å². The largest absolute Gasteiger partial charge is 0.481 e. The number of carbonyl (C=O) groups is 1. The molecule has 182 valence electrons. The van der Waals surface area contributed by atoms with Gasteiger partial charge in [-0.1, -0.05) is 43.3 Å². The van der Waals surface area contributed by atoms with E-state index in [4.69, 9.17) is 4.74 Å². The third-order valence-electron chi connectivity index (χ3n) is 7.60. The standard InChI is InChI=1S/C29H29N5O2/c1-5-29(21-16-30-34-26(21)32-23-15-28(2,3)33-27(35)25(23)29)18-10-8-9-17(13-18)20-14-24(36-4)31-22-12-7-6-11-19(20)22/h6-14,16,26,32H,5,15H2,1-4H3,(H,33,35)/t26?,29-/m0/s1. The summed E-state index contributed by atoms with van der Waals surface area (Å²) in [5.41, 5.74) is 5.75. The number of amides is 1. The minimum absolute atomic E-state index is 0.0386. The highest BCUT2D eigenvalue weighted by atomic mass is 16.5. The highest BCUT2D eigenvalue weighted by Gasteiger charge is 2.53. The lowest BCUT2D eigenvalue weighted by molar-refractivity contribution is -0.120. The molecule has 7 nitrogen and oxygen atoms in total. The van der Waals surface area contributed by atoms with Crippen molar-refractivity contribution in [2.75, 3.05) is 7.11 Å². The molecule has 0 fully saturated rings. The van der Waals surface area contributed by atoms with E-state index in [2.05, 4.69) is 63.1 Å². The number of carbonyl (C=O) groups excluding carboxylic acids is 1. The molecule has 0 spiro atoms. The maximum absolute atomic E-state index is 13.7. The number of rotatable bonds is 4. The number of nitrogens with zero attached hydrogens (tertiary/aromatic N) is 3. The maximum Gasteiger partial charge on any atom is 0.250 e. The van der Waals surface area contributed by atoms with Crippen LogP contribution in [0.2, 0.25) is 0 Å². The van der Waals surface area contributed by atoms with E-state index < -0.39 is 5.41 Å². The lowest BCUT2D eigenvalue weighted by Crippen LogP contribution is -2.58. The van der Waals surface area contributed by atoms with E-state index in [1.54, 1.807) is 7.11 Å². The SMILES string of the molecule is CC[C@]1(c2cccc(-c3cc(OC)nc4ccccc34)c2)C2=CN=NC2NC2=C1C(=O)NC(C)(C)C2. The predicted molar refractivity (Wildman–Crippen MR) is 139 cm³/mol. The molecule has 6 rings (SSSR count). The molecule has 0 bridgehead atoms. The van der Waals surface area contributed by atoms with Gasteiger partial charge in [0, 0.05) is 34.7 Å². The van der Waals surface area contributed by atoms with Crippen LogP contribution in [0.1, 0.15) is 39.2 Å². The number of ether oxygens (including phenoxy) is 1. The molecule has 3 aromatic rings. The zero-order valence-corrected chi connectivity index (χ0v) is 20.9. The number of methoxy groups -OCH3 is 1. The summed E-state index contributed by atoms with van der Waals surface area (Å²) in [5, 5.41) is 16.5. The lowest BCUT2D eigenvalue weighted by Gasteiger charge is -2.48. The van der Waals surface area contributed by atoms with Crippen LogP contribution in [-0.4, -0.2) is 29.7 Å². The van der Waals surface area contributed by atoms with Gasteiger partial charge in [0.25, 0.3) is 5.91 Å². The van der Waals surface area contributed by atoms with Gasteiger partial charge in [-0.05, 0) is 49.1 Å². The molecule has 4 heterocycles. The quantitative estimate of drug-likeness (QED) is 0.525. The summed E-state index contributed by atoms with van der Waals surface area (Å²) in [6.07, 6.45) is 2.98. The normalized spacial score (nSPS) is 24.1. The molecule has 2 N–H and O–H groups in total. The number of hydrogen-bond donors (Lipinski definition) is 2. The van der Waals surface area contributed by atoms with Gasteiger partial charge in [-0.3, -0.25) is 4.79 Å². The van der Waals surface area contributed by atoms with Crippen LogP contribution in [0, 0.1) is 0 Å². The Morgan fingerprint density at radius 2 is 1.94 bits per heavy atom. The fourth-order valence-corrected chi connectivity index (χ4v) is 6.05. The first-order valence-electron chi connectivity index (χ1n) is 12.3. The van der Waals surface area contributed by atoms with Gasteiger partial charge >= 0.3 is 0 Å². The molecule has 0 radical (unpaired) electrons. The molecule has 0 saturated heterocycles. The van der Waals surface area contributed by atoms with Crippen molar-refractivity contribution < 1.29 is 9.53 Å². The van der Waals surface area contributed by atoms with Gasteiger partial charge < -0.3 is 15.4 Å². The monoisotopic (exact) mass is 479 g/mol. The molecule has 3 aliphatic rings. The Balaban J connectivity index is 1.59. The topological polar surface area (TPSA) is 88.0 Å². The second-order valence-electron chi connectivity index (χ2n) is 10.3. The summed E-state index contributed by atoms with van der Waals surface area (Å²) in [6.45, 7) is 6.23. The van der Waals surface area contributed by atoms with Gasteiger partial charge in [-0.2, -0.15) is 10.2 Å². The molecular formula is C29H29N5O2. The molecular weight excluding hydrogens is 450 g/mol. The number of benzene rings is 2. The Morgan fingerprint density at radius 3 is 2.75 bits per heavy atom. The zero-order valence-electron chi connectivity index (χ0n) is 20.9. The summed E-state index contributed by atoms with van der Waals surface area (Å²) in [4.78, 5) is 18.3. The Hall–Kier alpha value is -4.00. The number of nitrogens with one attached hydrogen (secondary N) is 2. The van der Waals surface area contributed by atoms with Crippen LogP contribution >= 0.6 is 0 Å². The van der Waals surface area contributed by atoms with Crippen LogP contribution in [0.4, 0.5) is 0 Å². The van der Waals surface area contributed by atoms with Gasteiger partial charge in [0.15, 0.2) is 6.17 Å². The van der Waals surface area contributed by atoms with Gasteiger partial charge in [0.1, 0.15) is 0 Å². The second-order valence-corrected chi connectivity index (χ2v) is 10.3. The van der Waals surface area contributed by atoms with Crippen molar-refractivity contribution in [1.29, 1.82) is 0 Å². The summed E-state index contributed by atoms with van der Waals surface area (Å²) in [7, 11) is 1.63. The maximum atomic E-state index is 13.7. The van der Waals surface area contributed by atoms with Gasteiger partial charge in [-0.25, -0.2) is 4.98 Å². The second kappa shape index (κ2) is 8.01. The Bertz CT molecular complexity index is 1500. The number of fused-ring (bicyclic) bond motifs is 2. The molecule has 2 atom stereocenters. The molecule has 3 aliphatic heterocycles. The lowest BCUT2D eigenvalue weighted by atomic mass is 9.62. The number of aromatic nitrogens is 1. The number of azo groups is 1. The fourth-order valence-electron chi connectivity index (χ4n) is 6.05. The summed E-state index contributed by atoms with van der Waals surface area (Å²) >= 11 is 0. The third kappa shape index (κ3) is 3.26. The van der Waals surface area contributed by atoms with Crippen molar-refractivity contribution in [3.05, 3.63) is 83.2 Å². The van der Waals surface area contributed by atoms with E-state index in [0.717, 1.165) is 44.4 Å². The average Bonchev–Trinajstić information content (AvgIpc) is 3.35. The third-order valence-corrected chi connectivity index (χ3v) is 7.60. The smallest absolute Gasteiger partial charge is 0.250 e. The summed E-state index contributed by atoms with van der Waals surface area (Å²) in [5.74, 6) is 0.527. The molecule has 1 amide bonds. The van der Waals surface area contributed by atoms with Gasteiger partial charge in [0.05, 0.1) is 29.8 Å². The van der Waals surface area contributed by atoms with Gasteiger partial charge in [0.2, 0.25) is 5.88 Å². The van der Waals surface area contributed by atoms with Crippen LogP contribution in [0.3, 0.4) is 0 Å². The number of para-hydroxylation sites is 1.